The highest BCUT2D eigenvalue weighted by Crippen LogP contribution is 2.33. The van der Waals surface area contributed by atoms with Crippen LogP contribution in [0.4, 0.5) is 0 Å². The number of hydrogen-bond acceptors (Lipinski definition) is 4. The molecule has 2 fully saturated rings. The fourth-order valence-electron chi connectivity index (χ4n) is 4.92. The summed E-state index contributed by atoms with van der Waals surface area (Å²) < 4.78 is 1.94. The first-order valence-electron chi connectivity index (χ1n) is 10.4. The van der Waals surface area contributed by atoms with Crippen molar-refractivity contribution in [3.8, 4) is 11.3 Å². The van der Waals surface area contributed by atoms with Gasteiger partial charge in [-0.3, -0.25) is 14.6 Å². The van der Waals surface area contributed by atoms with E-state index in [0.717, 1.165) is 68.9 Å². The molecule has 0 unspecified atom stereocenters. The number of piperidine rings is 2. The normalized spacial score (nSPS) is 23.9. The van der Waals surface area contributed by atoms with Crippen molar-refractivity contribution in [2.24, 2.45) is 5.92 Å². The van der Waals surface area contributed by atoms with Crippen LogP contribution in [0.1, 0.15) is 47.7 Å². The van der Waals surface area contributed by atoms with Crippen LogP contribution in [0.15, 0.2) is 35.3 Å². The summed E-state index contributed by atoms with van der Waals surface area (Å²) in [6.07, 6.45) is 6.15. The summed E-state index contributed by atoms with van der Waals surface area (Å²) in [5.74, 6) is 0.997. The molecular weight excluding hydrogens is 352 g/mol. The Labute approximate surface area is 164 Å². The van der Waals surface area contributed by atoms with Crippen LogP contribution in [0.25, 0.3) is 11.3 Å². The highest BCUT2D eigenvalue weighted by atomic mass is 16.2. The number of likely N-dealkylation sites (tertiary alicyclic amines) is 1. The maximum Gasteiger partial charge on any atom is 0.255 e. The van der Waals surface area contributed by atoms with Crippen molar-refractivity contribution in [2.75, 3.05) is 26.2 Å². The molecule has 3 aliphatic rings. The van der Waals surface area contributed by atoms with E-state index in [4.69, 9.17) is 0 Å². The summed E-state index contributed by atoms with van der Waals surface area (Å²) in [7, 11) is 0. The molecule has 2 atom stereocenters. The van der Waals surface area contributed by atoms with Gasteiger partial charge in [0.1, 0.15) is 0 Å². The monoisotopic (exact) mass is 378 g/mol. The maximum absolute atomic E-state index is 12.7. The van der Waals surface area contributed by atoms with E-state index in [-0.39, 0.29) is 11.5 Å². The summed E-state index contributed by atoms with van der Waals surface area (Å²) >= 11 is 0. The number of hydrogen-bond donors (Lipinski definition) is 1. The molecule has 0 spiro atoms. The molecule has 6 nitrogen and oxygen atoms in total. The van der Waals surface area contributed by atoms with E-state index in [1.54, 1.807) is 12.3 Å². The van der Waals surface area contributed by atoms with Gasteiger partial charge in [-0.15, -0.1) is 0 Å². The first kappa shape index (κ1) is 17.6. The van der Waals surface area contributed by atoms with Crippen LogP contribution in [0.5, 0.6) is 0 Å². The Morgan fingerprint density at radius 2 is 1.96 bits per heavy atom. The van der Waals surface area contributed by atoms with Gasteiger partial charge in [-0.25, -0.2) is 0 Å². The van der Waals surface area contributed by atoms with E-state index in [1.165, 1.54) is 6.42 Å². The fourth-order valence-corrected chi connectivity index (χ4v) is 4.92. The third kappa shape index (κ3) is 3.15. The zero-order valence-corrected chi connectivity index (χ0v) is 16.1. The third-order valence-electron chi connectivity index (χ3n) is 6.41. The number of carbonyl (C=O) groups excluding carboxylic acids is 1. The van der Waals surface area contributed by atoms with Gasteiger partial charge in [0.2, 0.25) is 0 Å². The van der Waals surface area contributed by atoms with Gasteiger partial charge < -0.3 is 14.8 Å². The molecular formula is C22H26N4O2. The molecule has 5 heterocycles. The van der Waals surface area contributed by atoms with Crippen molar-refractivity contribution < 1.29 is 4.79 Å². The average Bonchev–Trinajstić information content (AvgIpc) is 2.75. The van der Waals surface area contributed by atoms with E-state index in [0.29, 0.717) is 17.4 Å². The van der Waals surface area contributed by atoms with Gasteiger partial charge in [0.15, 0.2) is 0 Å². The van der Waals surface area contributed by atoms with Gasteiger partial charge >= 0.3 is 0 Å². The molecule has 2 aromatic heterocycles. The zero-order chi connectivity index (χ0) is 19.1. The lowest BCUT2D eigenvalue weighted by Gasteiger charge is -2.37. The standard InChI is InChI=1S/C22H26N4O2/c27-21-10-17(9-20-18-8-15(11-23-12-18)14-26(20)21)19-5-4-16(13-24-19)22(28)25-6-2-1-3-7-25/h4-5,9-10,13,15,18,23H,1-3,6-8,11-12,14H2/t15-,18+/m0/s1. The smallest absolute Gasteiger partial charge is 0.255 e. The first-order valence-corrected chi connectivity index (χ1v) is 10.4. The second-order valence-electron chi connectivity index (χ2n) is 8.36. The third-order valence-corrected chi connectivity index (χ3v) is 6.41. The van der Waals surface area contributed by atoms with Gasteiger partial charge in [-0.2, -0.15) is 0 Å². The van der Waals surface area contributed by atoms with Crippen LogP contribution in [0.2, 0.25) is 0 Å². The van der Waals surface area contributed by atoms with E-state index in [1.807, 2.05) is 21.6 Å². The molecule has 3 aliphatic heterocycles. The molecule has 0 aliphatic carbocycles. The molecule has 28 heavy (non-hydrogen) atoms. The number of aromatic nitrogens is 2. The SMILES string of the molecule is O=C(c1ccc(-c2cc3n(c(=O)c2)C[C@@H]2CNC[C@H]3C2)nc1)N1CCCCC1. The Morgan fingerprint density at radius 1 is 1.11 bits per heavy atom. The highest BCUT2D eigenvalue weighted by Gasteiger charge is 2.31. The molecule has 5 rings (SSSR count). The summed E-state index contributed by atoms with van der Waals surface area (Å²) in [5, 5.41) is 3.48. The van der Waals surface area contributed by atoms with Crippen molar-refractivity contribution in [1.82, 2.24) is 19.8 Å². The second kappa shape index (κ2) is 7.17. The Balaban J connectivity index is 1.43. The Bertz CT molecular complexity index is 944. The Hall–Kier alpha value is -2.47. The van der Waals surface area contributed by atoms with Crippen LogP contribution in [-0.4, -0.2) is 46.5 Å². The molecule has 2 bridgehead atoms. The topological polar surface area (TPSA) is 67.2 Å². The molecule has 1 amide bonds. The van der Waals surface area contributed by atoms with Gasteiger partial charge in [0.25, 0.3) is 11.5 Å². The molecule has 0 saturated carbocycles. The van der Waals surface area contributed by atoms with E-state index in [2.05, 4.69) is 16.4 Å². The number of nitrogens with zero attached hydrogens (tertiary/aromatic N) is 3. The van der Waals surface area contributed by atoms with Gasteiger partial charge in [-0.1, -0.05) is 0 Å². The molecule has 2 saturated heterocycles. The predicted molar refractivity (Wildman–Crippen MR) is 107 cm³/mol. The van der Waals surface area contributed by atoms with E-state index >= 15 is 0 Å². The molecule has 2 aromatic rings. The number of carbonyl (C=O) groups is 1. The summed E-state index contributed by atoms with van der Waals surface area (Å²) in [5.41, 5.74) is 3.39. The minimum absolute atomic E-state index is 0.0550. The average molecular weight is 378 g/mol. The van der Waals surface area contributed by atoms with Crippen LogP contribution >= 0.6 is 0 Å². The zero-order valence-electron chi connectivity index (χ0n) is 16.1. The summed E-state index contributed by atoms with van der Waals surface area (Å²) in [6.45, 7) is 4.39. The van der Waals surface area contributed by atoms with Gasteiger partial charge in [-0.05, 0) is 56.3 Å². The largest absolute Gasteiger partial charge is 0.339 e. The number of amides is 1. The molecule has 0 aromatic carbocycles. The Morgan fingerprint density at radius 3 is 2.75 bits per heavy atom. The lowest BCUT2D eigenvalue weighted by atomic mass is 9.83. The minimum Gasteiger partial charge on any atom is -0.339 e. The fraction of sp³-hybridized carbons (Fsp3) is 0.500. The molecule has 1 N–H and O–H groups in total. The van der Waals surface area contributed by atoms with Crippen LogP contribution in [-0.2, 0) is 6.54 Å². The predicted octanol–water partition coefficient (Wildman–Crippen LogP) is 2.24. The quantitative estimate of drug-likeness (QED) is 0.870. The number of nitrogens with one attached hydrogen (secondary N) is 1. The van der Waals surface area contributed by atoms with Crippen LogP contribution in [0.3, 0.4) is 0 Å². The Kier molecular flexibility index (Phi) is 4.51. The summed E-state index contributed by atoms with van der Waals surface area (Å²) in [4.78, 5) is 31.8. The van der Waals surface area contributed by atoms with Gasteiger partial charge in [0, 0.05) is 55.6 Å². The minimum atomic E-state index is 0.0550. The van der Waals surface area contributed by atoms with Crippen LogP contribution in [0, 0.1) is 5.92 Å². The lowest BCUT2D eigenvalue weighted by Crippen LogP contribution is -2.44. The number of rotatable bonds is 2. The van der Waals surface area contributed by atoms with E-state index in [9.17, 15) is 9.59 Å². The first-order chi connectivity index (χ1) is 13.7. The maximum atomic E-state index is 12.7. The van der Waals surface area contributed by atoms with Crippen LogP contribution < -0.4 is 10.9 Å². The molecule has 6 heteroatoms. The second-order valence-corrected chi connectivity index (χ2v) is 8.36. The van der Waals surface area contributed by atoms with Crippen molar-refractivity contribution >= 4 is 5.91 Å². The molecule has 146 valence electrons. The van der Waals surface area contributed by atoms with E-state index < -0.39 is 0 Å². The molecule has 0 radical (unpaired) electrons. The van der Waals surface area contributed by atoms with Crippen molar-refractivity contribution in [1.29, 1.82) is 0 Å². The number of pyridine rings is 2. The van der Waals surface area contributed by atoms with Crippen molar-refractivity contribution in [2.45, 2.75) is 38.1 Å². The summed E-state index contributed by atoms with van der Waals surface area (Å²) in [6, 6.07) is 7.51. The lowest BCUT2D eigenvalue weighted by molar-refractivity contribution is 0.0724. The van der Waals surface area contributed by atoms with Gasteiger partial charge in [0.05, 0.1) is 11.3 Å². The highest BCUT2D eigenvalue weighted by molar-refractivity contribution is 5.94. The van der Waals surface area contributed by atoms with Crippen molar-refractivity contribution in [3.05, 3.63) is 52.1 Å². The van der Waals surface area contributed by atoms with Crippen molar-refractivity contribution in [3.63, 3.8) is 0 Å². The number of fused-ring (bicyclic) bond motifs is 4.